The van der Waals surface area contributed by atoms with Crippen molar-refractivity contribution in [1.82, 2.24) is 0 Å². The van der Waals surface area contributed by atoms with Crippen LogP contribution in [0.1, 0.15) is 63.1 Å². The molecule has 0 radical (unpaired) electrons. The Hall–Kier alpha value is -1.02. The van der Waals surface area contributed by atoms with Gasteiger partial charge < -0.3 is 10.5 Å². The average molecular weight is 273 g/mol. The Labute approximate surface area is 122 Å². The van der Waals surface area contributed by atoms with Gasteiger partial charge in [-0.1, -0.05) is 31.5 Å². The highest BCUT2D eigenvalue weighted by atomic mass is 16.5. The summed E-state index contributed by atoms with van der Waals surface area (Å²) in [6.07, 6.45) is 5.94. The third kappa shape index (κ3) is 2.46. The van der Waals surface area contributed by atoms with Crippen molar-refractivity contribution in [2.45, 2.75) is 64.5 Å². The summed E-state index contributed by atoms with van der Waals surface area (Å²) in [4.78, 5) is 0. The van der Waals surface area contributed by atoms with Crippen LogP contribution in [0.15, 0.2) is 18.2 Å². The zero-order chi connectivity index (χ0) is 14.3. The number of ether oxygens (including phenoxy) is 1. The Balaban J connectivity index is 1.88. The summed E-state index contributed by atoms with van der Waals surface area (Å²) in [5.41, 5.74) is 8.92. The van der Waals surface area contributed by atoms with E-state index < -0.39 is 0 Å². The Bertz CT molecular complexity index is 496. The lowest BCUT2D eigenvalue weighted by atomic mass is 9.70. The molecule has 3 rings (SSSR count). The summed E-state index contributed by atoms with van der Waals surface area (Å²) >= 11 is 0. The smallest absolute Gasteiger partial charge is 0.124 e. The molecule has 1 saturated carbocycles. The molecule has 1 aromatic carbocycles. The fraction of sp³-hybridized carbons (Fsp3) is 0.667. The molecule has 2 nitrogen and oxygen atoms in total. The summed E-state index contributed by atoms with van der Waals surface area (Å²) in [7, 11) is 0. The molecule has 0 saturated heterocycles. The fourth-order valence-electron chi connectivity index (χ4n) is 4.05. The molecule has 20 heavy (non-hydrogen) atoms. The van der Waals surface area contributed by atoms with Crippen molar-refractivity contribution in [2.75, 3.05) is 0 Å². The van der Waals surface area contributed by atoms with Crippen LogP contribution in [-0.4, -0.2) is 5.60 Å². The minimum atomic E-state index is -0.00510. The van der Waals surface area contributed by atoms with E-state index in [2.05, 4.69) is 39.0 Å². The van der Waals surface area contributed by atoms with Crippen molar-refractivity contribution >= 4 is 0 Å². The van der Waals surface area contributed by atoms with Gasteiger partial charge in [0, 0.05) is 18.0 Å². The Kier molecular flexibility index (Phi) is 3.53. The molecule has 0 bridgehead atoms. The van der Waals surface area contributed by atoms with Gasteiger partial charge in [0.05, 0.1) is 0 Å². The second-order valence-corrected chi connectivity index (χ2v) is 7.24. The Morgan fingerprint density at radius 1 is 1.30 bits per heavy atom. The number of benzene rings is 1. The second-order valence-electron chi connectivity index (χ2n) is 7.24. The van der Waals surface area contributed by atoms with Crippen LogP contribution in [0, 0.1) is 18.8 Å². The number of aryl methyl sites for hydroxylation is 1. The summed E-state index contributed by atoms with van der Waals surface area (Å²) in [6.45, 7) is 6.79. The van der Waals surface area contributed by atoms with Gasteiger partial charge in [-0.3, -0.25) is 0 Å². The van der Waals surface area contributed by atoms with Gasteiger partial charge in [-0.2, -0.15) is 0 Å². The normalized spacial score (nSPS) is 33.0. The van der Waals surface area contributed by atoms with Gasteiger partial charge >= 0.3 is 0 Å². The van der Waals surface area contributed by atoms with Crippen molar-refractivity contribution in [3.8, 4) is 5.75 Å². The largest absolute Gasteiger partial charge is 0.487 e. The summed E-state index contributed by atoms with van der Waals surface area (Å²) in [5, 5.41) is 0. The molecule has 2 N–H and O–H groups in total. The highest BCUT2D eigenvalue weighted by Gasteiger charge is 2.43. The molecular weight excluding hydrogens is 246 g/mol. The first kappa shape index (κ1) is 13.9. The van der Waals surface area contributed by atoms with Gasteiger partial charge in [-0.05, 0) is 50.5 Å². The van der Waals surface area contributed by atoms with E-state index in [1.54, 1.807) is 0 Å². The molecule has 2 heteroatoms. The lowest BCUT2D eigenvalue weighted by molar-refractivity contribution is -0.0249. The van der Waals surface area contributed by atoms with Crippen LogP contribution in [-0.2, 0) is 0 Å². The Morgan fingerprint density at radius 3 is 2.85 bits per heavy atom. The standard InChI is InChI=1S/C18H27NO/c1-12(2)14-5-4-8-18(10-14)11-16(19)15-9-13(3)6-7-17(15)20-18/h6-7,9,12,14,16H,4-5,8,10-11,19H2,1-3H3/t14?,16-,18?/m0/s1. The highest BCUT2D eigenvalue weighted by Crippen LogP contribution is 2.48. The third-order valence-electron chi connectivity index (χ3n) is 5.27. The number of hydrogen-bond donors (Lipinski definition) is 1. The lowest BCUT2D eigenvalue weighted by Crippen LogP contribution is -2.47. The van der Waals surface area contributed by atoms with E-state index in [4.69, 9.17) is 10.5 Å². The summed E-state index contributed by atoms with van der Waals surface area (Å²) < 4.78 is 6.49. The average Bonchev–Trinajstić information content (AvgIpc) is 2.40. The van der Waals surface area contributed by atoms with Gasteiger partial charge in [0.15, 0.2) is 0 Å². The van der Waals surface area contributed by atoms with Crippen LogP contribution in [0.2, 0.25) is 0 Å². The first-order valence-corrected chi connectivity index (χ1v) is 8.04. The van der Waals surface area contributed by atoms with Crippen LogP contribution >= 0.6 is 0 Å². The number of hydrogen-bond acceptors (Lipinski definition) is 2. The zero-order valence-corrected chi connectivity index (χ0v) is 13.0. The zero-order valence-electron chi connectivity index (χ0n) is 13.0. The van der Waals surface area contributed by atoms with Crippen molar-refractivity contribution in [3.63, 3.8) is 0 Å². The molecule has 2 aliphatic rings. The van der Waals surface area contributed by atoms with Gasteiger partial charge in [-0.25, -0.2) is 0 Å². The summed E-state index contributed by atoms with van der Waals surface area (Å²) in [5.74, 6) is 2.55. The molecule has 1 aromatic rings. The van der Waals surface area contributed by atoms with Crippen molar-refractivity contribution in [3.05, 3.63) is 29.3 Å². The van der Waals surface area contributed by atoms with Crippen LogP contribution in [0.4, 0.5) is 0 Å². The van der Waals surface area contributed by atoms with E-state index in [0.717, 1.165) is 30.4 Å². The van der Waals surface area contributed by atoms with E-state index in [1.165, 1.54) is 30.4 Å². The topological polar surface area (TPSA) is 35.2 Å². The van der Waals surface area contributed by atoms with Crippen LogP contribution in [0.25, 0.3) is 0 Å². The number of rotatable bonds is 1. The Morgan fingerprint density at radius 2 is 2.10 bits per heavy atom. The van der Waals surface area contributed by atoms with E-state index in [9.17, 15) is 0 Å². The van der Waals surface area contributed by atoms with Gasteiger partial charge in [0.1, 0.15) is 11.4 Å². The van der Waals surface area contributed by atoms with Gasteiger partial charge in [0.2, 0.25) is 0 Å². The molecule has 1 aliphatic carbocycles. The molecule has 1 heterocycles. The molecule has 1 fully saturated rings. The van der Waals surface area contributed by atoms with Crippen molar-refractivity contribution < 1.29 is 4.74 Å². The highest BCUT2D eigenvalue weighted by molar-refractivity contribution is 5.41. The lowest BCUT2D eigenvalue weighted by Gasteiger charge is -2.47. The predicted octanol–water partition coefficient (Wildman–Crippen LogP) is 4.36. The third-order valence-corrected chi connectivity index (χ3v) is 5.27. The fourth-order valence-corrected chi connectivity index (χ4v) is 4.05. The van der Waals surface area contributed by atoms with Crippen molar-refractivity contribution in [2.24, 2.45) is 17.6 Å². The monoisotopic (exact) mass is 273 g/mol. The maximum Gasteiger partial charge on any atom is 0.124 e. The quantitative estimate of drug-likeness (QED) is 0.825. The van der Waals surface area contributed by atoms with E-state index in [-0.39, 0.29) is 11.6 Å². The predicted molar refractivity (Wildman–Crippen MR) is 82.9 cm³/mol. The molecule has 0 amide bonds. The SMILES string of the molecule is Cc1ccc2c(c1)[C@@H](N)CC1(CCCC(C(C)C)C1)O2. The van der Waals surface area contributed by atoms with E-state index in [1.807, 2.05) is 0 Å². The van der Waals surface area contributed by atoms with Gasteiger partial charge in [-0.15, -0.1) is 0 Å². The first-order chi connectivity index (χ1) is 9.49. The van der Waals surface area contributed by atoms with Crippen LogP contribution in [0.5, 0.6) is 5.75 Å². The van der Waals surface area contributed by atoms with E-state index >= 15 is 0 Å². The molecule has 3 atom stereocenters. The molecule has 2 unspecified atom stereocenters. The number of fused-ring (bicyclic) bond motifs is 1. The molecule has 1 aliphatic heterocycles. The number of nitrogens with two attached hydrogens (primary N) is 1. The second kappa shape index (κ2) is 5.07. The molecule has 1 spiro atoms. The minimum Gasteiger partial charge on any atom is -0.487 e. The molecule has 110 valence electrons. The van der Waals surface area contributed by atoms with Crippen molar-refractivity contribution in [1.29, 1.82) is 0 Å². The molecular formula is C18H27NO. The minimum absolute atomic E-state index is 0.00510. The maximum atomic E-state index is 6.49. The van der Waals surface area contributed by atoms with Crippen LogP contribution < -0.4 is 10.5 Å². The van der Waals surface area contributed by atoms with E-state index in [0.29, 0.717) is 0 Å². The summed E-state index contributed by atoms with van der Waals surface area (Å²) in [6, 6.07) is 6.57. The van der Waals surface area contributed by atoms with Gasteiger partial charge in [0.25, 0.3) is 0 Å². The van der Waals surface area contributed by atoms with Crippen LogP contribution in [0.3, 0.4) is 0 Å². The maximum absolute atomic E-state index is 6.49. The first-order valence-electron chi connectivity index (χ1n) is 8.04. The molecule has 0 aromatic heterocycles.